The molecule has 2 aromatic carbocycles. The van der Waals surface area contributed by atoms with Crippen molar-refractivity contribution < 1.29 is 36.0 Å². The Labute approximate surface area is 218 Å². The molecule has 0 atom stereocenters. The Bertz CT molecular complexity index is 1550. The van der Waals surface area contributed by atoms with E-state index in [2.05, 4.69) is 10.3 Å². The lowest BCUT2D eigenvalue weighted by atomic mass is 9.98. The minimum absolute atomic E-state index is 0.128. The fourth-order valence-electron chi connectivity index (χ4n) is 4.19. The fourth-order valence-corrected chi connectivity index (χ4v) is 4.19. The van der Waals surface area contributed by atoms with E-state index in [-0.39, 0.29) is 34.4 Å². The van der Waals surface area contributed by atoms with Crippen molar-refractivity contribution in [3.05, 3.63) is 95.5 Å². The average Bonchev–Trinajstić information content (AvgIpc) is 3.31. The van der Waals surface area contributed by atoms with Gasteiger partial charge in [0.2, 0.25) is 5.91 Å². The molecule has 200 valence electrons. The molecule has 2 aromatic heterocycles. The van der Waals surface area contributed by atoms with Crippen LogP contribution in [0.25, 0.3) is 28.2 Å². The molecule has 0 aliphatic carbocycles. The average molecular weight is 541 g/mol. The summed E-state index contributed by atoms with van der Waals surface area (Å²) in [6, 6.07) is 13.0. The van der Waals surface area contributed by atoms with Gasteiger partial charge < -0.3 is 14.6 Å². The summed E-state index contributed by atoms with van der Waals surface area (Å²) in [7, 11) is 0. The van der Waals surface area contributed by atoms with Gasteiger partial charge in [-0.1, -0.05) is 18.2 Å². The van der Waals surface area contributed by atoms with Crippen LogP contribution >= 0.6 is 0 Å². The van der Waals surface area contributed by atoms with Crippen LogP contribution in [0.2, 0.25) is 0 Å². The van der Waals surface area contributed by atoms with Crippen molar-refractivity contribution in [2.45, 2.75) is 18.6 Å². The predicted molar refractivity (Wildman–Crippen MR) is 133 cm³/mol. The molecule has 1 N–H and O–H groups in total. The highest BCUT2D eigenvalue weighted by molar-refractivity contribution is 5.96. The number of carbonyl (C=O) groups excluding carboxylic acids is 2. The predicted octanol–water partition coefficient (Wildman–Crippen LogP) is 5.93. The Hall–Kier alpha value is -4.54. The van der Waals surface area contributed by atoms with Gasteiger partial charge in [0, 0.05) is 29.4 Å². The SMILES string of the molecule is O=C(/C=C/c1cccnc1)NCc1cc2cc(-c3ccc(C(=O)N4CC(F)(F)C4)cc3)cc(C(F)(F)F)c2o1. The van der Waals surface area contributed by atoms with Crippen molar-refractivity contribution >= 4 is 28.9 Å². The van der Waals surface area contributed by atoms with Crippen LogP contribution in [0.1, 0.15) is 27.2 Å². The maximum absolute atomic E-state index is 13.9. The molecule has 1 saturated heterocycles. The molecular weight excluding hydrogens is 521 g/mol. The zero-order chi connectivity index (χ0) is 27.8. The normalized spacial score (nSPS) is 14.9. The lowest BCUT2D eigenvalue weighted by molar-refractivity contribution is -0.136. The van der Waals surface area contributed by atoms with Gasteiger partial charge in [0.25, 0.3) is 11.8 Å². The molecule has 1 aliphatic heterocycles. The van der Waals surface area contributed by atoms with Crippen LogP contribution in [0.15, 0.2) is 77.5 Å². The summed E-state index contributed by atoms with van der Waals surface area (Å²) in [5, 5.41) is 2.75. The zero-order valence-electron chi connectivity index (χ0n) is 20.1. The first kappa shape index (κ1) is 26.1. The van der Waals surface area contributed by atoms with E-state index in [1.165, 1.54) is 42.5 Å². The Morgan fingerprint density at radius 1 is 1.05 bits per heavy atom. The number of halogens is 5. The highest BCUT2D eigenvalue weighted by Gasteiger charge is 2.46. The molecule has 2 amide bonds. The summed E-state index contributed by atoms with van der Waals surface area (Å²) in [5.41, 5.74) is 0.118. The lowest BCUT2D eigenvalue weighted by Crippen LogP contribution is -2.58. The number of likely N-dealkylation sites (tertiary alicyclic amines) is 1. The van der Waals surface area contributed by atoms with Crippen LogP contribution in [0.4, 0.5) is 22.0 Å². The number of hydrogen-bond acceptors (Lipinski definition) is 4. The number of furan rings is 1. The van der Waals surface area contributed by atoms with Crippen molar-refractivity contribution in [3.8, 4) is 11.1 Å². The second kappa shape index (κ2) is 9.97. The van der Waals surface area contributed by atoms with E-state index in [1.807, 2.05) is 0 Å². The van der Waals surface area contributed by atoms with E-state index < -0.39 is 42.6 Å². The smallest absolute Gasteiger partial charge is 0.420 e. The number of pyridine rings is 1. The van der Waals surface area contributed by atoms with Crippen molar-refractivity contribution in [1.29, 1.82) is 0 Å². The molecule has 1 fully saturated rings. The van der Waals surface area contributed by atoms with E-state index in [0.717, 1.165) is 11.0 Å². The molecule has 11 heteroatoms. The van der Waals surface area contributed by atoms with E-state index in [9.17, 15) is 31.5 Å². The molecule has 0 unspecified atom stereocenters. The molecule has 4 aromatic rings. The third-order valence-corrected chi connectivity index (χ3v) is 6.12. The molecular formula is C28H20F5N3O3. The first-order chi connectivity index (χ1) is 18.5. The van der Waals surface area contributed by atoms with Gasteiger partial charge in [-0.15, -0.1) is 0 Å². The molecule has 3 heterocycles. The van der Waals surface area contributed by atoms with E-state index in [4.69, 9.17) is 4.42 Å². The van der Waals surface area contributed by atoms with Crippen LogP contribution in [0.5, 0.6) is 0 Å². The van der Waals surface area contributed by atoms with Gasteiger partial charge in [-0.2, -0.15) is 13.2 Å². The third-order valence-electron chi connectivity index (χ3n) is 6.12. The number of nitrogens with zero attached hydrogens (tertiary/aromatic N) is 2. The first-order valence-corrected chi connectivity index (χ1v) is 11.8. The zero-order valence-corrected chi connectivity index (χ0v) is 20.1. The molecule has 0 saturated carbocycles. The summed E-state index contributed by atoms with van der Waals surface area (Å²) < 4.78 is 73.4. The Morgan fingerprint density at radius 3 is 2.44 bits per heavy atom. The third kappa shape index (κ3) is 5.82. The minimum atomic E-state index is -4.72. The molecule has 6 nitrogen and oxygen atoms in total. The second-order valence-electron chi connectivity index (χ2n) is 9.08. The number of hydrogen-bond donors (Lipinski definition) is 1. The van der Waals surface area contributed by atoms with Gasteiger partial charge >= 0.3 is 6.18 Å². The first-order valence-electron chi connectivity index (χ1n) is 11.8. The number of alkyl halides is 5. The van der Waals surface area contributed by atoms with Gasteiger partial charge in [-0.3, -0.25) is 14.6 Å². The van der Waals surface area contributed by atoms with Gasteiger partial charge in [0.05, 0.1) is 25.2 Å². The van der Waals surface area contributed by atoms with Crippen LogP contribution < -0.4 is 5.32 Å². The number of carbonyl (C=O) groups is 2. The molecule has 1 aliphatic rings. The highest BCUT2D eigenvalue weighted by Crippen LogP contribution is 2.39. The molecule has 0 bridgehead atoms. The summed E-state index contributed by atoms with van der Waals surface area (Å²) in [4.78, 5) is 29.4. The largest absolute Gasteiger partial charge is 0.459 e. The molecule has 0 spiro atoms. The summed E-state index contributed by atoms with van der Waals surface area (Å²) in [6.07, 6.45) is 1.26. The topological polar surface area (TPSA) is 75.4 Å². The summed E-state index contributed by atoms with van der Waals surface area (Å²) in [5.74, 6) is -3.81. The van der Waals surface area contributed by atoms with E-state index >= 15 is 0 Å². The van der Waals surface area contributed by atoms with Gasteiger partial charge in [-0.05, 0) is 59.2 Å². The fraction of sp³-hybridized carbons (Fsp3) is 0.179. The quantitative estimate of drug-likeness (QED) is 0.242. The van der Waals surface area contributed by atoms with Crippen molar-refractivity contribution in [3.63, 3.8) is 0 Å². The summed E-state index contributed by atoms with van der Waals surface area (Å²) in [6.45, 7) is -1.46. The number of aromatic nitrogens is 1. The Balaban J connectivity index is 1.35. The lowest BCUT2D eigenvalue weighted by Gasteiger charge is -2.38. The van der Waals surface area contributed by atoms with Crippen LogP contribution in [-0.4, -0.2) is 40.7 Å². The minimum Gasteiger partial charge on any atom is -0.459 e. The van der Waals surface area contributed by atoms with E-state index in [0.29, 0.717) is 11.1 Å². The van der Waals surface area contributed by atoms with Crippen molar-refractivity contribution in [2.75, 3.05) is 13.1 Å². The number of benzene rings is 2. The Kier molecular flexibility index (Phi) is 6.67. The maximum atomic E-state index is 13.9. The highest BCUT2D eigenvalue weighted by atomic mass is 19.4. The maximum Gasteiger partial charge on any atom is 0.420 e. The molecule has 39 heavy (non-hydrogen) atoms. The number of nitrogens with one attached hydrogen (secondary N) is 1. The van der Waals surface area contributed by atoms with Gasteiger partial charge in [0.15, 0.2) is 0 Å². The number of rotatable bonds is 6. The number of amides is 2. The summed E-state index contributed by atoms with van der Waals surface area (Å²) >= 11 is 0. The standard InChI is InChI=1S/C28H20F5N3O3/c29-27(30)15-36(16-27)26(38)19-6-4-18(5-7-19)20-10-21-11-22(39-25(21)23(12-20)28(31,32)33)14-35-24(37)8-3-17-2-1-9-34-13-17/h1-13H,14-16H2,(H,35,37)/b8-3+. The van der Waals surface area contributed by atoms with Gasteiger partial charge in [0.1, 0.15) is 11.3 Å². The second-order valence-corrected chi connectivity index (χ2v) is 9.08. The molecule has 5 rings (SSSR count). The van der Waals surface area contributed by atoms with Crippen molar-refractivity contribution in [2.24, 2.45) is 0 Å². The van der Waals surface area contributed by atoms with Crippen LogP contribution in [0, 0.1) is 0 Å². The number of fused-ring (bicyclic) bond motifs is 1. The van der Waals surface area contributed by atoms with Crippen LogP contribution in [-0.2, 0) is 17.5 Å². The van der Waals surface area contributed by atoms with Crippen LogP contribution in [0.3, 0.4) is 0 Å². The monoisotopic (exact) mass is 541 g/mol. The van der Waals surface area contributed by atoms with Crippen molar-refractivity contribution in [1.82, 2.24) is 15.2 Å². The van der Waals surface area contributed by atoms with E-state index in [1.54, 1.807) is 30.6 Å². The molecule has 0 radical (unpaired) electrons. The van der Waals surface area contributed by atoms with Gasteiger partial charge in [-0.25, -0.2) is 8.78 Å². The Morgan fingerprint density at radius 2 is 1.79 bits per heavy atom.